The van der Waals surface area contributed by atoms with Gasteiger partial charge in [0.15, 0.2) is 0 Å². The summed E-state index contributed by atoms with van der Waals surface area (Å²) in [5.74, 6) is -0.179. The minimum absolute atomic E-state index is 0.419. The SMILES string of the molecule is O=C(O)C=Cc1ccc(OCCOC2CCCC2)cc1. The highest BCUT2D eigenvalue weighted by atomic mass is 16.5. The molecule has 0 amide bonds. The third-order valence-corrected chi connectivity index (χ3v) is 3.31. The lowest BCUT2D eigenvalue weighted by molar-refractivity contribution is -0.131. The number of rotatable bonds is 7. The molecule has 108 valence electrons. The van der Waals surface area contributed by atoms with Crippen molar-refractivity contribution in [3.63, 3.8) is 0 Å². The number of carboxylic acid groups (broad SMARTS) is 1. The molecule has 2 rings (SSSR count). The van der Waals surface area contributed by atoms with E-state index in [9.17, 15) is 4.79 Å². The molecule has 1 aromatic carbocycles. The van der Waals surface area contributed by atoms with E-state index in [1.54, 1.807) is 6.08 Å². The van der Waals surface area contributed by atoms with Gasteiger partial charge in [-0.15, -0.1) is 0 Å². The van der Waals surface area contributed by atoms with Crippen LogP contribution in [-0.2, 0) is 9.53 Å². The Bertz CT molecular complexity index is 444. The zero-order valence-corrected chi connectivity index (χ0v) is 11.5. The van der Waals surface area contributed by atoms with E-state index in [1.807, 2.05) is 24.3 Å². The molecule has 20 heavy (non-hydrogen) atoms. The monoisotopic (exact) mass is 276 g/mol. The van der Waals surface area contributed by atoms with E-state index in [0.717, 1.165) is 17.4 Å². The molecule has 0 spiro atoms. The zero-order chi connectivity index (χ0) is 14.2. The van der Waals surface area contributed by atoms with Crippen molar-refractivity contribution in [3.05, 3.63) is 35.9 Å². The number of benzene rings is 1. The highest BCUT2D eigenvalue weighted by Gasteiger charge is 2.14. The minimum atomic E-state index is -0.950. The maximum atomic E-state index is 10.4. The number of carbonyl (C=O) groups is 1. The molecule has 0 saturated heterocycles. The van der Waals surface area contributed by atoms with Crippen molar-refractivity contribution in [2.75, 3.05) is 13.2 Å². The van der Waals surface area contributed by atoms with E-state index in [-0.39, 0.29) is 0 Å². The van der Waals surface area contributed by atoms with Crippen molar-refractivity contribution in [1.82, 2.24) is 0 Å². The number of carboxylic acids is 1. The van der Waals surface area contributed by atoms with Crippen molar-refractivity contribution in [1.29, 1.82) is 0 Å². The number of hydrogen-bond acceptors (Lipinski definition) is 3. The standard InChI is InChI=1S/C16H20O4/c17-16(18)10-7-13-5-8-15(9-6-13)20-12-11-19-14-3-1-2-4-14/h5-10,14H,1-4,11-12H2,(H,17,18). The van der Waals surface area contributed by atoms with E-state index < -0.39 is 5.97 Å². The van der Waals surface area contributed by atoms with Crippen LogP contribution in [0.5, 0.6) is 5.75 Å². The lowest BCUT2D eigenvalue weighted by Crippen LogP contribution is -2.13. The van der Waals surface area contributed by atoms with Gasteiger partial charge in [0.2, 0.25) is 0 Å². The summed E-state index contributed by atoms with van der Waals surface area (Å²) >= 11 is 0. The Morgan fingerprint density at radius 2 is 1.90 bits per heavy atom. The molecule has 0 atom stereocenters. The Balaban J connectivity index is 1.69. The topological polar surface area (TPSA) is 55.8 Å². The molecule has 0 heterocycles. The van der Waals surface area contributed by atoms with Gasteiger partial charge in [0.1, 0.15) is 12.4 Å². The molecule has 1 aliphatic rings. The van der Waals surface area contributed by atoms with Gasteiger partial charge < -0.3 is 14.6 Å². The first-order chi connectivity index (χ1) is 9.74. The first-order valence-electron chi connectivity index (χ1n) is 6.99. The fourth-order valence-electron chi connectivity index (χ4n) is 2.27. The van der Waals surface area contributed by atoms with Crippen molar-refractivity contribution in [2.45, 2.75) is 31.8 Å². The fourth-order valence-corrected chi connectivity index (χ4v) is 2.27. The summed E-state index contributed by atoms with van der Waals surface area (Å²) in [4.78, 5) is 10.4. The van der Waals surface area contributed by atoms with E-state index in [4.69, 9.17) is 14.6 Å². The molecule has 4 heteroatoms. The highest BCUT2D eigenvalue weighted by molar-refractivity contribution is 5.85. The van der Waals surface area contributed by atoms with Crippen molar-refractivity contribution in [3.8, 4) is 5.75 Å². The van der Waals surface area contributed by atoms with Gasteiger partial charge in [0.25, 0.3) is 0 Å². The molecule has 0 bridgehead atoms. The van der Waals surface area contributed by atoms with Crippen LogP contribution in [0.25, 0.3) is 6.08 Å². The van der Waals surface area contributed by atoms with Crippen LogP contribution >= 0.6 is 0 Å². The Labute approximate surface area is 119 Å². The zero-order valence-electron chi connectivity index (χ0n) is 11.5. The van der Waals surface area contributed by atoms with Crippen LogP contribution in [-0.4, -0.2) is 30.4 Å². The Morgan fingerprint density at radius 3 is 2.55 bits per heavy atom. The molecular formula is C16H20O4. The van der Waals surface area contributed by atoms with Crippen molar-refractivity contribution < 1.29 is 19.4 Å². The van der Waals surface area contributed by atoms with E-state index in [2.05, 4.69) is 0 Å². The molecule has 1 N–H and O–H groups in total. The van der Waals surface area contributed by atoms with Crippen LogP contribution in [0.2, 0.25) is 0 Å². The average Bonchev–Trinajstić information content (AvgIpc) is 2.96. The molecule has 0 unspecified atom stereocenters. The Morgan fingerprint density at radius 1 is 1.20 bits per heavy atom. The van der Waals surface area contributed by atoms with Crippen molar-refractivity contribution >= 4 is 12.0 Å². The van der Waals surface area contributed by atoms with Gasteiger partial charge in [0.05, 0.1) is 12.7 Å². The largest absolute Gasteiger partial charge is 0.491 e. The number of hydrogen-bond donors (Lipinski definition) is 1. The Hall–Kier alpha value is -1.81. The summed E-state index contributed by atoms with van der Waals surface area (Å²) in [6.45, 7) is 1.16. The van der Waals surface area contributed by atoms with Gasteiger partial charge in [0, 0.05) is 6.08 Å². The van der Waals surface area contributed by atoms with Gasteiger partial charge in [-0.1, -0.05) is 25.0 Å². The number of ether oxygens (including phenoxy) is 2. The molecular weight excluding hydrogens is 256 g/mol. The van der Waals surface area contributed by atoms with Gasteiger partial charge in [-0.05, 0) is 36.6 Å². The highest BCUT2D eigenvalue weighted by Crippen LogP contribution is 2.20. The number of aliphatic carboxylic acids is 1. The molecule has 1 fully saturated rings. The van der Waals surface area contributed by atoms with Crippen LogP contribution in [0.4, 0.5) is 0 Å². The van der Waals surface area contributed by atoms with E-state index >= 15 is 0 Å². The summed E-state index contributed by atoms with van der Waals surface area (Å²) in [6.07, 6.45) is 7.98. The van der Waals surface area contributed by atoms with Crippen LogP contribution in [0.1, 0.15) is 31.2 Å². The summed E-state index contributed by atoms with van der Waals surface area (Å²) < 4.78 is 11.3. The lowest BCUT2D eigenvalue weighted by Gasteiger charge is -2.11. The third-order valence-electron chi connectivity index (χ3n) is 3.31. The van der Waals surface area contributed by atoms with Gasteiger partial charge in [-0.2, -0.15) is 0 Å². The quantitative estimate of drug-likeness (QED) is 0.614. The summed E-state index contributed by atoms with van der Waals surface area (Å²) in [6, 6.07) is 7.31. The minimum Gasteiger partial charge on any atom is -0.491 e. The van der Waals surface area contributed by atoms with E-state index in [0.29, 0.717) is 19.3 Å². The van der Waals surface area contributed by atoms with Crippen LogP contribution in [0.15, 0.2) is 30.3 Å². The molecule has 0 aliphatic heterocycles. The smallest absolute Gasteiger partial charge is 0.328 e. The second-order valence-corrected chi connectivity index (χ2v) is 4.87. The Kier molecular flexibility index (Phi) is 5.62. The molecule has 0 radical (unpaired) electrons. The summed E-state index contributed by atoms with van der Waals surface area (Å²) in [5.41, 5.74) is 0.835. The fraction of sp³-hybridized carbons (Fsp3) is 0.438. The summed E-state index contributed by atoms with van der Waals surface area (Å²) in [7, 11) is 0. The molecule has 4 nitrogen and oxygen atoms in total. The molecule has 0 aromatic heterocycles. The summed E-state index contributed by atoms with van der Waals surface area (Å²) in [5, 5.41) is 8.54. The van der Waals surface area contributed by atoms with Crippen molar-refractivity contribution in [2.24, 2.45) is 0 Å². The molecule has 1 aliphatic carbocycles. The second-order valence-electron chi connectivity index (χ2n) is 4.87. The third kappa shape index (κ3) is 5.05. The lowest BCUT2D eigenvalue weighted by atomic mass is 10.2. The average molecular weight is 276 g/mol. The van der Waals surface area contributed by atoms with Gasteiger partial charge in [-0.3, -0.25) is 0 Å². The van der Waals surface area contributed by atoms with Gasteiger partial charge in [-0.25, -0.2) is 4.79 Å². The van der Waals surface area contributed by atoms with Gasteiger partial charge >= 0.3 is 5.97 Å². The predicted octanol–water partition coefficient (Wildman–Crippen LogP) is 3.12. The van der Waals surface area contributed by atoms with E-state index in [1.165, 1.54) is 25.7 Å². The molecule has 1 aromatic rings. The second kappa shape index (κ2) is 7.70. The van der Waals surface area contributed by atoms with Crippen LogP contribution < -0.4 is 4.74 Å². The normalized spacial score (nSPS) is 15.8. The predicted molar refractivity (Wildman–Crippen MR) is 76.8 cm³/mol. The maximum absolute atomic E-state index is 10.4. The first-order valence-corrected chi connectivity index (χ1v) is 6.99. The first kappa shape index (κ1) is 14.6. The maximum Gasteiger partial charge on any atom is 0.328 e. The van der Waals surface area contributed by atoms with Crippen LogP contribution in [0.3, 0.4) is 0 Å². The molecule has 1 saturated carbocycles. The van der Waals surface area contributed by atoms with Crippen LogP contribution in [0, 0.1) is 0 Å².